The van der Waals surface area contributed by atoms with Crippen LogP contribution in [0, 0.1) is 6.92 Å². The molecule has 0 atom stereocenters. The van der Waals surface area contributed by atoms with Gasteiger partial charge in [-0.3, -0.25) is 4.79 Å². The molecule has 0 aliphatic rings. The summed E-state index contributed by atoms with van der Waals surface area (Å²) in [6.45, 7) is 1.91. The van der Waals surface area contributed by atoms with Crippen LogP contribution in [0.15, 0.2) is 55.2 Å². The molecule has 7 nitrogen and oxygen atoms in total. The first kappa shape index (κ1) is 15.9. The van der Waals surface area contributed by atoms with Crippen LogP contribution in [-0.2, 0) is 11.2 Å². The normalized spacial score (nSPS) is 10.8. The third-order valence-corrected chi connectivity index (χ3v) is 3.93. The molecule has 0 radical (unpaired) electrons. The molecule has 4 rings (SSSR count). The number of hydrogen-bond donors (Lipinski definition) is 2. The number of aryl methyl sites for hydroxylation is 1. The van der Waals surface area contributed by atoms with E-state index in [4.69, 9.17) is 0 Å². The highest BCUT2D eigenvalue weighted by Gasteiger charge is 2.08. The van der Waals surface area contributed by atoms with E-state index in [0.29, 0.717) is 5.82 Å². The molecule has 3 aromatic heterocycles. The molecule has 1 amide bonds. The van der Waals surface area contributed by atoms with Gasteiger partial charge in [0.2, 0.25) is 5.91 Å². The lowest BCUT2D eigenvalue weighted by Crippen LogP contribution is -2.16. The summed E-state index contributed by atoms with van der Waals surface area (Å²) in [5.41, 5.74) is 4.44. The van der Waals surface area contributed by atoms with Crippen molar-refractivity contribution in [2.45, 2.75) is 13.3 Å². The first-order valence-electron chi connectivity index (χ1n) is 8.14. The van der Waals surface area contributed by atoms with Crippen molar-refractivity contribution in [2.24, 2.45) is 0 Å². The number of H-pyrrole nitrogens is 1. The Kier molecular flexibility index (Phi) is 4.10. The van der Waals surface area contributed by atoms with E-state index in [1.165, 1.54) is 6.33 Å². The topological polar surface area (TPSA) is 96.5 Å². The van der Waals surface area contributed by atoms with E-state index in [9.17, 15) is 4.79 Å². The fraction of sp³-hybridized carbons (Fsp3) is 0.105. The number of nitrogens with one attached hydrogen (secondary N) is 2. The summed E-state index contributed by atoms with van der Waals surface area (Å²) in [4.78, 5) is 31.9. The monoisotopic (exact) mass is 344 g/mol. The summed E-state index contributed by atoms with van der Waals surface area (Å²) in [7, 11) is 0. The highest BCUT2D eigenvalue weighted by Crippen LogP contribution is 2.23. The van der Waals surface area contributed by atoms with Crippen molar-refractivity contribution >= 4 is 22.6 Å². The van der Waals surface area contributed by atoms with Gasteiger partial charge in [-0.2, -0.15) is 0 Å². The number of rotatable bonds is 4. The molecule has 1 aromatic carbocycles. The number of carbonyl (C=O) groups excluding carboxylic acids is 1. The van der Waals surface area contributed by atoms with Gasteiger partial charge in [0.25, 0.3) is 0 Å². The first-order chi connectivity index (χ1) is 12.7. The number of benzene rings is 1. The van der Waals surface area contributed by atoms with Crippen molar-refractivity contribution in [1.29, 1.82) is 0 Å². The van der Waals surface area contributed by atoms with Gasteiger partial charge in [0.05, 0.1) is 6.42 Å². The van der Waals surface area contributed by atoms with E-state index in [-0.39, 0.29) is 12.3 Å². The van der Waals surface area contributed by atoms with Crippen LogP contribution < -0.4 is 5.32 Å². The lowest BCUT2D eigenvalue weighted by atomic mass is 10.1. The van der Waals surface area contributed by atoms with Gasteiger partial charge in [0, 0.05) is 35.4 Å². The van der Waals surface area contributed by atoms with Crippen LogP contribution in [0.1, 0.15) is 11.4 Å². The number of carbonyl (C=O) groups is 1. The second-order valence-corrected chi connectivity index (χ2v) is 5.99. The van der Waals surface area contributed by atoms with Crippen LogP contribution in [0.3, 0.4) is 0 Å². The summed E-state index contributed by atoms with van der Waals surface area (Å²) in [5.74, 6) is 0.353. The van der Waals surface area contributed by atoms with Gasteiger partial charge in [0.1, 0.15) is 17.8 Å². The SMILES string of the molecule is Cc1cnc(CC(=O)Nc2ccc(-c3cc4cncnc4[nH]3)cc2)nc1. The minimum atomic E-state index is -0.150. The van der Waals surface area contributed by atoms with Crippen LogP contribution in [-0.4, -0.2) is 30.8 Å². The van der Waals surface area contributed by atoms with E-state index in [0.717, 1.165) is 33.5 Å². The van der Waals surface area contributed by atoms with E-state index >= 15 is 0 Å². The van der Waals surface area contributed by atoms with Gasteiger partial charge in [-0.05, 0) is 36.2 Å². The van der Waals surface area contributed by atoms with Crippen LogP contribution in [0.4, 0.5) is 5.69 Å². The highest BCUT2D eigenvalue weighted by atomic mass is 16.1. The Bertz CT molecular complexity index is 1020. The van der Waals surface area contributed by atoms with Gasteiger partial charge < -0.3 is 10.3 Å². The Morgan fingerprint density at radius 3 is 2.58 bits per heavy atom. The predicted molar refractivity (Wildman–Crippen MR) is 98.4 cm³/mol. The quantitative estimate of drug-likeness (QED) is 0.593. The van der Waals surface area contributed by atoms with E-state index in [1.54, 1.807) is 18.6 Å². The minimum absolute atomic E-state index is 0.142. The van der Waals surface area contributed by atoms with Crippen molar-refractivity contribution in [2.75, 3.05) is 5.32 Å². The van der Waals surface area contributed by atoms with E-state index < -0.39 is 0 Å². The van der Waals surface area contributed by atoms with E-state index in [2.05, 4.69) is 30.2 Å². The molecule has 7 heteroatoms. The molecule has 0 saturated heterocycles. The largest absolute Gasteiger partial charge is 0.339 e. The summed E-state index contributed by atoms with van der Waals surface area (Å²) >= 11 is 0. The van der Waals surface area contributed by atoms with Crippen LogP contribution in [0.5, 0.6) is 0 Å². The number of hydrogen-bond acceptors (Lipinski definition) is 5. The third-order valence-electron chi connectivity index (χ3n) is 3.93. The third kappa shape index (κ3) is 3.41. The number of amides is 1. The predicted octanol–water partition coefficient (Wildman–Crippen LogP) is 2.90. The maximum Gasteiger partial charge on any atom is 0.232 e. The molecule has 3 heterocycles. The van der Waals surface area contributed by atoms with Gasteiger partial charge in [-0.1, -0.05) is 12.1 Å². The Balaban J connectivity index is 1.45. The van der Waals surface area contributed by atoms with E-state index in [1.807, 2.05) is 37.3 Å². The average Bonchev–Trinajstić information content (AvgIpc) is 3.08. The summed E-state index contributed by atoms with van der Waals surface area (Å²) < 4.78 is 0. The molecule has 26 heavy (non-hydrogen) atoms. The standard InChI is InChI=1S/C19H16N6O/c1-12-8-21-17(22-9-12)7-18(26)24-15-4-2-13(3-5-15)16-6-14-10-20-11-23-19(14)25-16/h2-6,8-11H,7H2,1H3,(H,24,26)(H,20,23,25). The highest BCUT2D eigenvalue weighted by molar-refractivity contribution is 5.92. The van der Waals surface area contributed by atoms with Gasteiger partial charge >= 0.3 is 0 Å². The number of aromatic nitrogens is 5. The maximum atomic E-state index is 12.1. The summed E-state index contributed by atoms with van der Waals surface area (Å²) in [5, 5.41) is 3.82. The molecule has 0 fully saturated rings. The molecule has 0 saturated carbocycles. The molecule has 0 aliphatic carbocycles. The lowest BCUT2D eigenvalue weighted by Gasteiger charge is -2.06. The molecule has 0 unspecified atom stereocenters. The fourth-order valence-electron chi connectivity index (χ4n) is 2.62. The fourth-order valence-corrected chi connectivity index (χ4v) is 2.62. The van der Waals surface area contributed by atoms with Crippen LogP contribution in [0.25, 0.3) is 22.3 Å². The Morgan fingerprint density at radius 1 is 1.08 bits per heavy atom. The lowest BCUT2D eigenvalue weighted by molar-refractivity contribution is -0.115. The minimum Gasteiger partial charge on any atom is -0.339 e. The van der Waals surface area contributed by atoms with Crippen molar-refractivity contribution in [3.8, 4) is 11.3 Å². The Morgan fingerprint density at radius 2 is 1.85 bits per heavy atom. The zero-order valence-corrected chi connectivity index (χ0v) is 14.1. The molecule has 2 N–H and O–H groups in total. The molecule has 0 spiro atoms. The molecule has 4 aromatic rings. The number of aromatic amines is 1. The maximum absolute atomic E-state index is 12.1. The number of fused-ring (bicyclic) bond motifs is 1. The molecular formula is C19H16N6O. The Hall–Kier alpha value is -3.61. The smallest absolute Gasteiger partial charge is 0.232 e. The molecule has 0 bridgehead atoms. The van der Waals surface area contributed by atoms with Crippen LogP contribution in [0.2, 0.25) is 0 Å². The molecule has 128 valence electrons. The van der Waals surface area contributed by atoms with Crippen molar-refractivity contribution in [3.05, 3.63) is 66.6 Å². The second kappa shape index (κ2) is 6.72. The molecular weight excluding hydrogens is 328 g/mol. The molecule has 0 aliphatic heterocycles. The van der Waals surface area contributed by atoms with Crippen molar-refractivity contribution < 1.29 is 4.79 Å². The summed E-state index contributed by atoms with van der Waals surface area (Å²) in [6, 6.07) is 9.60. The first-order valence-corrected chi connectivity index (χ1v) is 8.14. The second-order valence-electron chi connectivity index (χ2n) is 5.99. The van der Waals surface area contributed by atoms with Crippen molar-refractivity contribution in [1.82, 2.24) is 24.9 Å². The zero-order chi connectivity index (χ0) is 17.9. The number of nitrogens with zero attached hydrogens (tertiary/aromatic N) is 4. The van der Waals surface area contributed by atoms with Crippen molar-refractivity contribution in [3.63, 3.8) is 0 Å². The zero-order valence-electron chi connectivity index (χ0n) is 14.1. The average molecular weight is 344 g/mol. The van der Waals surface area contributed by atoms with Gasteiger partial charge in [-0.15, -0.1) is 0 Å². The Labute approximate surface area is 149 Å². The summed E-state index contributed by atoms with van der Waals surface area (Å²) in [6.07, 6.45) is 6.83. The van der Waals surface area contributed by atoms with Gasteiger partial charge in [-0.25, -0.2) is 19.9 Å². The van der Waals surface area contributed by atoms with Crippen LogP contribution >= 0.6 is 0 Å². The number of anilines is 1. The van der Waals surface area contributed by atoms with Gasteiger partial charge in [0.15, 0.2) is 0 Å².